The van der Waals surface area contributed by atoms with Gasteiger partial charge in [-0.1, -0.05) is 291 Å². The Morgan fingerprint density at radius 2 is 0.535 bits per heavy atom. The van der Waals surface area contributed by atoms with Gasteiger partial charge in [-0.15, -0.1) is 0 Å². The van der Waals surface area contributed by atoms with Gasteiger partial charge in [-0.2, -0.15) is 0 Å². The summed E-state index contributed by atoms with van der Waals surface area (Å²) in [6.45, 7) is 7.09. The third-order valence-corrected chi connectivity index (χ3v) is 17.4. The first kappa shape index (κ1) is 84.1. The number of hydrogen-bond acceptors (Lipinski definition) is 15. The van der Waals surface area contributed by atoms with Gasteiger partial charge in [0.2, 0.25) is 0 Å². The zero-order chi connectivity index (χ0) is 63.5. The second-order valence-electron chi connectivity index (χ2n) is 24.7. The molecule has 0 amide bonds. The molecule has 0 aromatic rings. The number of unbranched alkanes of at least 4 members (excludes halogenated alkanes) is 39. The molecule has 0 aromatic carbocycles. The first-order valence-corrected chi connectivity index (χ1v) is 38.1. The molecule has 0 bridgehead atoms. The SMILES string of the molecule is CCCCCCCCCCCCCCCCCCCCCCC(=O)O[C@H](COC(=O)CCCCCCCCCCCCC(C)C)COP(=O)(O)OC[C@@H](O)COP(=O)(O)OC[C@@H](COC(=O)CCCCCCC)OC(=O)CCCCCCCCCC. The molecule has 17 nitrogen and oxygen atoms in total. The maximum atomic E-state index is 13.0. The molecule has 0 saturated heterocycles. The number of rotatable bonds is 67. The van der Waals surface area contributed by atoms with E-state index in [-0.39, 0.29) is 25.7 Å². The molecule has 3 N–H and O–H groups in total. The highest BCUT2D eigenvalue weighted by Gasteiger charge is 2.30. The molecular formula is C67H130O17P2. The van der Waals surface area contributed by atoms with Gasteiger partial charge in [-0.3, -0.25) is 37.3 Å². The minimum Gasteiger partial charge on any atom is -0.462 e. The lowest BCUT2D eigenvalue weighted by molar-refractivity contribution is -0.161. The van der Waals surface area contributed by atoms with Crippen LogP contribution in [-0.2, 0) is 65.4 Å². The lowest BCUT2D eigenvalue weighted by Gasteiger charge is -2.21. The molecule has 510 valence electrons. The van der Waals surface area contributed by atoms with E-state index in [1.54, 1.807) is 0 Å². The first-order chi connectivity index (χ1) is 41.5. The van der Waals surface area contributed by atoms with Crippen molar-refractivity contribution in [1.29, 1.82) is 0 Å². The number of phosphoric acid groups is 2. The summed E-state index contributed by atoms with van der Waals surface area (Å²) < 4.78 is 67.8. The highest BCUT2D eigenvalue weighted by Crippen LogP contribution is 2.45. The van der Waals surface area contributed by atoms with Gasteiger partial charge in [0.15, 0.2) is 12.2 Å². The fourth-order valence-electron chi connectivity index (χ4n) is 10.1. The Hall–Kier alpha value is -1.94. The van der Waals surface area contributed by atoms with E-state index >= 15 is 0 Å². The van der Waals surface area contributed by atoms with Crippen molar-refractivity contribution in [2.45, 2.75) is 361 Å². The second kappa shape index (κ2) is 60.6. The first-order valence-electron chi connectivity index (χ1n) is 35.1. The second-order valence-corrected chi connectivity index (χ2v) is 27.6. The van der Waals surface area contributed by atoms with Gasteiger partial charge in [0.25, 0.3) is 0 Å². The summed E-state index contributed by atoms with van der Waals surface area (Å²) in [5.41, 5.74) is 0. The molecule has 0 aliphatic rings. The summed E-state index contributed by atoms with van der Waals surface area (Å²) in [4.78, 5) is 72.0. The van der Waals surface area contributed by atoms with E-state index in [9.17, 15) is 43.2 Å². The van der Waals surface area contributed by atoms with E-state index in [4.69, 9.17) is 37.0 Å². The zero-order valence-corrected chi connectivity index (χ0v) is 57.2. The van der Waals surface area contributed by atoms with E-state index in [1.165, 1.54) is 154 Å². The summed E-state index contributed by atoms with van der Waals surface area (Å²) in [7, 11) is -9.88. The molecule has 0 radical (unpaired) electrons. The number of ether oxygens (including phenoxy) is 4. The van der Waals surface area contributed by atoms with Gasteiger partial charge in [-0.25, -0.2) is 9.13 Å². The standard InChI is InChI=1S/C67H130O17P2/c1-6-9-12-15-17-19-20-21-22-23-24-25-26-27-28-29-34-38-43-48-53-67(72)84-63(57-78-65(70)51-46-41-37-33-31-30-32-35-40-44-49-60(4)5)59-82-86(75,76)80-55-61(68)54-79-85(73,74)81-58-62(56-77-64(69)50-45-39-14-11-8-3)83-66(71)52-47-42-36-18-16-13-10-7-2/h60-63,68H,6-59H2,1-5H3,(H,73,74)(H,75,76)/t61-,62+,63+/m0/s1. The summed E-state index contributed by atoms with van der Waals surface area (Å²) in [5, 5.41) is 10.5. The minimum absolute atomic E-state index is 0.104. The molecular weight excluding hydrogens is 1140 g/mol. The summed E-state index contributed by atoms with van der Waals surface area (Å²) >= 11 is 0. The van der Waals surface area contributed by atoms with Crippen LogP contribution in [0.4, 0.5) is 0 Å². The van der Waals surface area contributed by atoms with Gasteiger partial charge in [0, 0.05) is 25.7 Å². The maximum Gasteiger partial charge on any atom is 0.472 e. The van der Waals surface area contributed by atoms with Crippen LogP contribution in [0, 0.1) is 5.92 Å². The third kappa shape index (κ3) is 60.9. The maximum absolute atomic E-state index is 13.0. The van der Waals surface area contributed by atoms with Crippen LogP contribution in [0.25, 0.3) is 0 Å². The topological polar surface area (TPSA) is 237 Å². The smallest absolute Gasteiger partial charge is 0.462 e. The van der Waals surface area contributed by atoms with Crippen LogP contribution in [0.5, 0.6) is 0 Å². The van der Waals surface area contributed by atoms with Crippen LogP contribution in [-0.4, -0.2) is 96.7 Å². The number of hydrogen-bond donors (Lipinski definition) is 3. The van der Waals surface area contributed by atoms with Crippen molar-refractivity contribution in [3.8, 4) is 0 Å². The molecule has 0 fully saturated rings. The average molecular weight is 1270 g/mol. The number of carbonyl (C=O) groups is 4. The lowest BCUT2D eigenvalue weighted by atomic mass is 10.0. The van der Waals surface area contributed by atoms with Crippen LogP contribution < -0.4 is 0 Å². The fraction of sp³-hybridized carbons (Fsp3) is 0.940. The van der Waals surface area contributed by atoms with Gasteiger partial charge in [0.05, 0.1) is 26.4 Å². The van der Waals surface area contributed by atoms with Crippen LogP contribution in [0.2, 0.25) is 0 Å². The third-order valence-electron chi connectivity index (χ3n) is 15.5. The van der Waals surface area contributed by atoms with Crippen molar-refractivity contribution < 1.29 is 80.2 Å². The molecule has 2 unspecified atom stereocenters. The highest BCUT2D eigenvalue weighted by molar-refractivity contribution is 7.47. The largest absolute Gasteiger partial charge is 0.472 e. The van der Waals surface area contributed by atoms with Crippen molar-refractivity contribution in [1.82, 2.24) is 0 Å². The molecule has 0 spiro atoms. The molecule has 0 saturated carbocycles. The van der Waals surface area contributed by atoms with E-state index in [0.717, 1.165) is 109 Å². The predicted molar refractivity (Wildman–Crippen MR) is 345 cm³/mol. The Labute approximate surface area is 524 Å². The summed E-state index contributed by atoms with van der Waals surface area (Å²) in [5.74, 6) is -1.38. The average Bonchev–Trinajstić information content (AvgIpc) is 3.58. The van der Waals surface area contributed by atoms with Crippen LogP contribution >= 0.6 is 15.6 Å². The van der Waals surface area contributed by atoms with Crippen molar-refractivity contribution >= 4 is 39.5 Å². The van der Waals surface area contributed by atoms with Crippen LogP contribution in [0.3, 0.4) is 0 Å². The number of aliphatic hydroxyl groups is 1. The van der Waals surface area contributed by atoms with Crippen molar-refractivity contribution in [3.63, 3.8) is 0 Å². The summed E-state index contributed by atoms with van der Waals surface area (Å²) in [6.07, 6.45) is 46.4. The van der Waals surface area contributed by atoms with Gasteiger partial charge < -0.3 is 33.8 Å². The van der Waals surface area contributed by atoms with Gasteiger partial charge >= 0.3 is 39.5 Å². The Morgan fingerprint density at radius 3 is 0.791 bits per heavy atom. The predicted octanol–water partition coefficient (Wildman–Crippen LogP) is 19.0. The van der Waals surface area contributed by atoms with Crippen molar-refractivity contribution in [3.05, 3.63) is 0 Å². The molecule has 86 heavy (non-hydrogen) atoms. The number of esters is 4. The Morgan fingerprint density at radius 1 is 0.314 bits per heavy atom. The van der Waals surface area contributed by atoms with E-state index in [2.05, 4.69) is 34.6 Å². The molecule has 19 heteroatoms. The van der Waals surface area contributed by atoms with E-state index in [1.807, 2.05) is 0 Å². The van der Waals surface area contributed by atoms with E-state index in [0.29, 0.717) is 25.7 Å². The van der Waals surface area contributed by atoms with Crippen molar-refractivity contribution in [2.24, 2.45) is 5.92 Å². The molecule has 5 atom stereocenters. The normalized spacial score (nSPS) is 14.2. The Bertz CT molecular complexity index is 1670. The molecule has 0 rings (SSSR count). The Kier molecular flexibility index (Phi) is 59.2. The summed E-state index contributed by atoms with van der Waals surface area (Å²) in [6, 6.07) is 0. The van der Waals surface area contributed by atoms with Gasteiger partial charge in [-0.05, 0) is 31.6 Å². The van der Waals surface area contributed by atoms with Crippen LogP contribution in [0.15, 0.2) is 0 Å². The molecule has 0 aromatic heterocycles. The fourth-order valence-corrected chi connectivity index (χ4v) is 11.7. The van der Waals surface area contributed by atoms with Crippen molar-refractivity contribution in [2.75, 3.05) is 39.6 Å². The minimum atomic E-state index is -4.95. The highest BCUT2D eigenvalue weighted by atomic mass is 31.2. The lowest BCUT2D eigenvalue weighted by Crippen LogP contribution is -2.30. The molecule has 0 heterocycles. The van der Waals surface area contributed by atoms with Gasteiger partial charge in [0.1, 0.15) is 19.3 Å². The quantitative estimate of drug-likeness (QED) is 0.0222. The number of aliphatic hydroxyl groups excluding tert-OH is 1. The Balaban J connectivity index is 5.10. The molecule has 0 aliphatic heterocycles. The van der Waals surface area contributed by atoms with Crippen LogP contribution in [0.1, 0.15) is 343 Å². The van der Waals surface area contributed by atoms with E-state index < -0.39 is 97.5 Å². The number of phosphoric ester groups is 2. The monoisotopic (exact) mass is 1270 g/mol. The number of carbonyl (C=O) groups excluding carboxylic acids is 4. The molecule has 0 aliphatic carbocycles. The zero-order valence-electron chi connectivity index (χ0n) is 55.4.